The maximum atomic E-state index is 9.75. The highest BCUT2D eigenvalue weighted by atomic mass is 79.9. The van der Waals surface area contributed by atoms with Gasteiger partial charge < -0.3 is 4.79 Å². The van der Waals surface area contributed by atoms with Crippen LogP contribution in [-0.4, -0.2) is 11.1 Å². The summed E-state index contributed by atoms with van der Waals surface area (Å²) in [6, 6.07) is 0. The number of carbonyl (C=O) groups excluding carboxylic acids is 1. The summed E-state index contributed by atoms with van der Waals surface area (Å²) in [4.78, 5) is 10.3. The molecule has 0 bridgehead atoms. The lowest BCUT2D eigenvalue weighted by Crippen LogP contribution is -1.75. The molecule has 0 amide bonds. The van der Waals surface area contributed by atoms with E-state index in [1.807, 2.05) is 0 Å². The van der Waals surface area contributed by atoms with E-state index in [0.717, 1.165) is 12.7 Å². The van der Waals surface area contributed by atoms with Crippen LogP contribution in [0.25, 0.3) is 0 Å². The van der Waals surface area contributed by atoms with Gasteiger partial charge in [-0.15, -0.1) is 0 Å². The van der Waals surface area contributed by atoms with Crippen molar-refractivity contribution >= 4 is 22.2 Å². The van der Waals surface area contributed by atoms with Crippen LogP contribution in [0.3, 0.4) is 0 Å². The number of alkyl halides is 1. The third kappa shape index (κ3) is 0.620. The van der Waals surface area contributed by atoms with E-state index in [4.69, 9.17) is 0 Å². The summed E-state index contributed by atoms with van der Waals surface area (Å²) >= 11 is 3.28. The van der Waals surface area contributed by atoms with Crippen molar-refractivity contribution in [2.75, 3.05) is 0 Å². The molecule has 1 aliphatic carbocycles. The molecule has 1 fully saturated rings. The van der Waals surface area contributed by atoms with Crippen molar-refractivity contribution in [2.24, 2.45) is 5.92 Å². The summed E-state index contributed by atoms with van der Waals surface area (Å²) in [6.07, 6.45) is 2.04. The smallest absolute Gasteiger partial charge is 0.124 e. The van der Waals surface area contributed by atoms with E-state index in [1.54, 1.807) is 0 Å². The van der Waals surface area contributed by atoms with E-state index in [-0.39, 0.29) is 0 Å². The maximum Gasteiger partial charge on any atom is 0.124 e. The topological polar surface area (TPSA) is 17.1 Å². The minimum atomic E-state index is 0.338. The van der Waals surface area contributed by atoms with Gasteiger partial charge in [0.1, 0.15) is 6.29 Å². The van der Waals surface area contributed by atoms with Crippen molar-refractivity contribution in [3.05, 3.63) is 0 Å². The van der Waals surface area contributed by atoms with Crippen LogP contribution in [0.2, 0.25) is 0 Å². The van der Waals surface area contributed by atoms with Gasteiger partial charge >= 0.3 is 0 Å². The molecule has 1 nitrogen and oxygen atoms in total. The highest BCUT2D eigenvalue weighted by Gasteiger charge is 2.33. The molecular weight excluding hydrogens is 144 g/mol. The summed E-state index contributed by atoms with van der Waals surface area (Å²) in [6.45, 7) is 0. The lowest BCUT2D eigenvalue weighted by Gasteiger charge is -1.65. The maximum absolute atomic E-state index is 9.75. The summed E-state index contributed by atoms with van der Waals surface area (Å²) < 4.78 is 0. The van der Waals surface area contributed by atoms with Crippen molar-refractivity contribution in [3.63, 3.8) is 0 Å². The van der Waals surface area contributed by atoms with Crippen molar-refractivity contribution < 1.29 is 4.79 Å². The first-order valence-corrected chi connectivity index (χ1v) is 2.85. The van der Waals surface area contributed by atoms with E-state index in [1.165, 1.54) is 0 Å². The molecule has 2 heteroatoms. The molecule has 0 aromatic heterocycles. The fourth-order valence-electron chi connectivity index (χ4n) is 0.322. The fraction of sp³-hybridized carbons (Fsp3) is 0.750. The number of aldehydes is 1. The Morgan fingerprint density at radius 1 is 1.83 bits per heavy atom. The molecule has 0 aromatic rings. The van der Waals surface area contributed by atoms with E-state index in [9.17, 15) is 4.79 Å². The first-order chi connectivity index (χ1) is 2.84. The van der Waals surface area contributed by atoms with Crippen molar-refractivity contribution in [2.45, 2.75) is 11.2 Å². The largest absolute Gasteiger partial charge is 0.303 e. The minimum Gasteiger partial charge on any atom is -0.303 e. The standard InChI is InChI=1S/C4H5BrO/c5-4-1-3(4)2-6/h2-4H,1H2/t3-,4+/m1/s1. The second kappa shape index (κ2) is 1.34. The Labute approximate surface area is 44.9 Å². The molecule has 0 unspecified atom stereocenters. The Hall–Kier alpha value is 0.150. The number of rotatable bonds is 1. The van der Waals surface area contributed by atoms with Gasteiger partial charge in [-0.25, -0.2) is 0 Å². The quantitative estimate of drug-likeness (QED) is 0.401. The SMILES string of the molecule is O=C[C@H]1C[C@@H]1Br. The van der Waals surface area contributed by atoms with Crippen LogP contribution in [0.1, 0.15) is 6.42 Å². The van der Waals surface area contributed by atoms with Gasteiger partial charge in [-0.2, -0.15) is 0 Å². The summed E-state index contributed by atoms with van der Waals surface area (Å²) in [5, 5.41) is 0. The van der Waals surface area contributed by atoms with Crippen LogP contribution in [0.4, 0.5) is 0 Å². The second-order valence-corrected chi connectivity index (χ2v) is 2.73. The molecule has 6 heavy (non-hydrogen) atoms. The van der Waals surface area contributed by atoms with Gasteiger partial charge in [0.25, 0.3) is 0 Å². The fourth-order valence-corrected chi connectivity index (χ4v) is 0.879. The van der Waals surface area contributed by atoms with E-state index < -0.39 is 0 Å². The minimum absolute atomic E-state index is 0.338. The third-order valence-corrected chi connectivity index (χ3v) is 1.99. The molecule has 0 radical (unpaired) electrons. The molecule has 0 N–H and O–H groups in total. The van der Waals surface area contributed by atoms with E-state index >= 15 is 0 Å². The third-order valence-electron chi connectivity index (χ3n) is 0.934. The van der Waals surface area contributed by atoms with Crippen molar-refractivity contribution in [1.82, 2.24) is 0 Å². The van der Waals surface area contributed by atoms with Gasteiger partial charge in [0, 0.05) is 10.7 Å². The zero-order chi connectivity index (χ0) is 4.57. The number of hydrogen-bond donors (Lipinski definition) is 0. The average molecular weight is 149 g/mol. The van der Waals surface area contributed by atoms with Gasteiger partial charge in [0.2, 0.25) is 0 Å². The Kier molecular flexibility index (Phi) is 0.960. The van der Waals surface area contributed by atoms with E-state index in [0.29, 0.717) is 10.7 Å². The lowest BCUT2D eigenvalue weighted by molar-refractivity contribution is -0.108. The van der Waals surface area contributed by atoms with Gasteiger partial charge in [-0.1, -0.05) is 15.9 Å². The van der Waals surface area contributed by atoms with Crippen molar-refractivity contribution in [1.29, 1.82) is 0 Å². The van der Waals surface area contributed by atoms with Gasteiger partial charge in [0.15, 0.2) is 0 Å². The zero-order valence-corrected chi connectivity index (χ0v) is 4.81. The van der Waals surface area contributed by atoms with E-state index in [2.05, 4.69) is 15.9 Å². The highest BCUT2D eigenvalue weighted by molar-refractivity contribution is 9.09. The van der Waals surface area contributed by atoms with Crippen molar-refractivity contribution in [3.8, 4) is 0 Å². The average Bonchev–Trinajstić information content (AvgIpc) is 2.19. The van der Waals surface area contributed by atoms with Crippen LogP contribution >= 0.6 is 15.9 Å². The molecule has 0 spiro atoms. The Morgan fingerprint density at radius 3 is 2.33 bits per heavy atom. The number of halogens is 1. The van der Waals surface area contributed by atoms with Crippen LogP contribution in [-0.2, 0) is 4.79 Å². The highest BCUT2D eigenvalue weighted by Crippen LogP contribution is 2.35. The molecule has 0 heterocycles. The number of hydrogen-bond acceptors (Lipinski definition) is 1. The second-order valence-electron chi connectivity index (χ2n) is 1.55. The molecule has 1 rings (SSSR count). The molecule has 34 valence electrons. The Balaban J connectivity index is 2.25. The predicted molar refractivity (Wildman–Crippen MR) is 26.9 cm³/mol. The summed E-state index contributed by atoms with van der Waals surface area (Å²) in [7, 11) is 0. The van der Waals surface area contributed by atoms with Gasteiger partial charge in [-0.3, -0.25) is 0 Å². The molecule has 0 saturated heterocycles. The molecule has 1 saturated carbocycles. The monoisotopic (exact) mass is 148 g/mol. The Morgan fingerprint density at radius 2 is 2.33 bits per heavy atom. The Bertz CT molecular complexity index is 71.9. The normalized spacial score (nSPS) is 42.2. The molecule has 0 aliphatic heterocycles. The molecule has 2 atom stereocenters. The summed E-state index contributed by atoms with van der Waals surface area (Å²) in [5.74, 6) is 0.338. The first kappa shape index (κ1) is 4.31. The van der Waals surface area contributed by atoms with Crippen LogP contribution < -0.4 is 0 Å². The van der Waals surface area contributed by atoms with Crippen LogP contribution in [0.15, 0.2) is 0 Å². The van der Waals surface area contributed by atoms with Crippen LogP contribution in [0.5, 0.6) is 0 Å². The molecular formula is C4H5BrO. The predicted octanol–water partition coefficient (Wildman–Crippen LogP) is 0.969. The van der Waals surface area contributed by atoms with Gasteiger partial charge in [0.05, 0.1) is 0 Å². The zero-order valence-electron chi connectivity index (χ0n) is 3.23. The first-order valence-electron chi connectivity index (χ1n) is 1.94. The number of carbonyl (C=O) groups is 1. The van der Waals surface area contributed by atoms with Gasteiger partial charge in [-0.05, 0) is 6.42 Å². The van der Waals surface area contributed by atoms with Crippen LogP contribution in [0, 0.1) is 5.92 Å². The summed E-state index contributed by atoms with van der Waals surface area (Å²) in [5.41, 5.74) is 0. The lowest BCUT2D eigenvalue weighted by atomic mass is 10.5. The molecule has 1 aliphatic rings. The molecule has 0 aromatic carbocycles.